The third-order valence-electron chi connectivity index (χ3n) is 4.40. The summed E-state index contributed by atoms with van der Waals surface area (Å²) in [6, 6.07) is 3.47. The van der Waals surface area contributed by atoms with E-state index in [4.69, 9.17) is 11.6 Å². The third-order valence-corrected chi connectivity index (χ3v) is 4.70. The molecule has 1 aromatic heterocycles. The number of aliphatic hydroxyl groups is 1. The number of halogens is 1. The maximum absolute atomic E-state index is 12.0. The van der Waals surface area contributed by atoms with Gasteiger partial charge >= 0.3 is 0 Å². The Bertz CT molecular complexity index is 482. The first-order valence-corrected chi connectivity index (χ1v) is 7.70. The van der Waals surface area contributed by atoms with Crippen molar-refractivity contribution >= 4 is 23.2 Å². The molecule has 0 aromatic carbocycles. The molecule has 0 aliphatic carbocycles. The lowest BCUT2D eigenvalue weighted by Crippen LogP contribution is -2.44. The second-order valence-corrected chi connectivity index (χ2v) is 6.04. The van der Waals surface area contributed by atoms with Crippen LogP contribution in [0.2, 0.25) is 5.15 Å². The van der Waals surface area contributed by atoms with E-state index in [-0.39, 0.29) is 17.9 Å². The van der Waals surface area contributed by atoms with E-state index in [0.717, 1.165) is 32.4 Å². The number of carbonyl (C=O) groups is 1. The summed E-state index contributed by atoms with van der Waals surface area (Å²) in [5.74, 6) is -0.0853. The maximum atomic E-state index is 12.0. The van der Waals surface area contributed by atoms with Crippen LogP contribution < -0.4 is 5.32 Å². The van der Waals surface area contributed by atoms with E-state index in [0.29, 0.717) is 17.4 Å². The molecule has 0 spiro atoms. The topological polar surface area (TPSA) is 65.5 Å². The van der Waals surface area contributed by atoms with Crippen LogP contribution >= 0.6 is 11.6 Å². The van der Waals surface area contributed by atoms with Crippen LogP contribution in [0.3, 0.4) is 0 Å². The normalized spacial score (nSPS) is 18.4. The first kappa shape index (κ1) is 16.2. The molecular formula is C15H22ClN3O2. The van der Waals surface area contributed by atoms with Gasteiger partial charge in [-0.1, -0.05) is 18.5 Å². The van der Waals surface area contributed by atoms with Crippen molar-refractivity contribution in [3.8, 4) is 0 Å². The molecule has 1 fully saturated rings. The van der Waals surface area contributed by atoms with Crippen LogP contribution in [-0.2, 0) is 4.79 Å². The Balaban J connectivity index is 1.84. The largest absolute Gasteiger partial charge is 0.396 e. The minimum Gasteiger partial charge on any atom is -0.396 e. The Morgan fingerprint density at radius 1 is 1.52 bits per heavy atom. The highest BCUT2D eigenvalue weighted by molar-refractivity contribution is 6.32. The van der Waals surface area contributed by atoms with Crippen molar-refractivity contribution in [2.45, 2.75) is 26.2 Å². The molecular weight excluding hydrogens is 290 g/mol. The van der Waals surface area contributed by atoms with Gasteiger partial charge in [0, 0.05) is 12.8 Å². The number of likely N-dealkylation sites (tertiary alicyclic amines) is 1. The molecule has 0 bridgehead atoms. The van der Waals surface area contributed by atoms with Crippen molar-refractivity contribution in [1.29, 1.82) is 0 Å². The average molecular weight is 312 g/mol. The Labute approximate surface area is 130 Å². The number of aromatic nitrogens is 1. The SMILES string of the molecule is CCC1(CO)CCN(CC(=O)Nc2cccnc2Cl)CC1. The molecule has 1 saturated heterocycles. The Morgan fingerprint density at radius 3 is 2.81 bits per heavy atom. The minimum atomic E-state index is -0.0853. The lowest BCUT2D eigenvalue weighted by atomic mass is 9.77. The predicted octanol–water partition coefficient (Wildman–Crippen LogP) is 2.16. The zero-order valence-electron chi connectivity index (χ0n) is 12.3. The number of anilines is 1. The van der Waals surface area contributed by atoms with Crippen molar-refractivity contribution in [3.05, 3.63) is 23.5 Å². The van der Waals surface area contributed by atoms with E-state index in [1.165, 1.54) is 0 Å². The number of rotatable bonds is 5. The summed E-state index contributed by atoms with van der Waals surface area (Å²) in [4.78, 5) is 18.1. The fraction of sp³-hybridized carbons (Fsp3) is 0.600. The van der Waals surface area contributed by atoms with Crippen LogP contribution in [-0.4, -0.2) is 47.1 Å². The molecule has 1 amide bonds. The predicted molar refractivity (Wildman–Crippen MR) is 83.4 cm³/mol. The van der Waals surface area contributed by atoms with E-state index < -0.39 is 0 Å². The number of amides is 1. The molecule has 6 heteroatoms. The summed E-state index contributed by atoms with van der Waals surface area (Å²) in [5, 5.41) is 12.6. The molecule has 1 aliphatic rings. The van der Waals surface area contributed by atoms with Gasteiger partial charge < -0.3 is 10.4 Å². The number of hydrogen-bond donors (Lipinski definition) is 2. The first-order valence-electron chi connectivity index (χ1n) is 7.32. The Hall–Kier alpha value is -1.17. The van der Waals surface area contributed by atoms with E-state index >= 15 is 0 Å². The highest BCUT2D eigenvalue weighted by Crippen LogP contribution is 2.34. The molecule has 1 aliphatic heterocycles. The van der Waals surface area contributed by atoms with Gasteiger partial charge in [0.05, 0.1) is 12.2 Å². The van der Waals surface area contributed by atoms with Crippen LogP contribution in [0.5, 0.6) is 0 Å². The van der Waals surface area contributed by atoms with Gasteiger partial charge in [0.15, 0.2) is 5.15 Å². The summed E-state index contributed by atoms with van der Waals surface area (Å²) in [5.41, 5.74) is 0.582. The number of aliphatic hydroxyl groups excluding tert-OH is 1. The van der Waals surface area contributed by atoms with Crippen LogP contribution in [0.15, 0.2) is 18.3 Å². The average Bonchev–Trinajstić information content (AvgIpc) is 2.51. The molecule has 2 rings (SSSR count). The molecule has 2 N–H and O–H groups in total. The number of carbonyl (C=O) groups excluding carboxylic acids is 1. The van der Waals surface area contributed by atoms with Gasteiger partial charge in [-0.3, -0.25) is 9.69 Å². The molecule has 2 heterocycles. The molecule has 1 aromatic rings. The zero-order chi connectivity index (χ0) is 15.3. The van der Waals surface area contributed by atoms with Crippen molar-refractivity contribution in [2.24, 2.45) is 5.41 Å². The maximum Gasteiger partial charge on any atom is 0.238 e. The van der Waals surface area contributed by atoms with Crippen molar-refractivity contribution in [3.63, 3.8) is 0 Å². The lowest BCUT2D eigenvalue weighted by molar-refractivity contribution is -0.118. The summed E-state index contributed by atoms with van der Waals surface area (Å²) in [6.45, 7) is 4.36. The van der Waals surface area contributed by atoms with Crippen LogP contribution in [0.4, 0.5) is 5.69 Å². The van der Waals surface area contributed by atoms with Gasteiger partial charge in [-0.15, -0.1) is 0 Å². The molecule has 0 radical (unpaired) electrons. The summed E-state index contributed by atoms with van der Waals surface area (Å²) < 4.78 is 0. The smallest absolute Gasteiger partial charge is 0.238 e. The molecule has 116 valence electrons. The number of nitrogens with zero attached hydrogens (tertiary/aromatic N) is 2. The van der Waals surface area contributed by atoms with Gasteiger partial charge in [-0.25, -0.2) is 4.98 Å². The van der Waals surface area contributed by atoms with E-state index in [2.05, 4.69) is 22.1 Å². The van der Waals surface area contributed by atoms with Crippen LogP contribution in [0.1, 0.15) is 26.2 Å². The zero-order valence-corrected chi connectivity index (χ0v) is 13.1. The molecule has 0 atom stereocenters. The standard InChI is InChI=1S/C15H22ClN3O2/c1-2-15(11-20)5-8-19(9-6-15)10-13(21)18-12-4-3-7-17-14(12)16/h3-4,7,20H,2,5-6,8-11H2,1H3,(H,18,21). The van der Waals surface area contributed by atoms with Gasteiger partial charge in [0.2, 0.25) is 5.91 Å². The summed E-state index contributed by atoms with van der Waals surface area (Å²) in [7, 11) is 0. The first-order chi connectivity index (χ1) is 10.1. The minimum absolute atomic E-state index is 0.0413. The van der Waals surface area contributed by atoms with Gasteiger partial charge in [-0.2, -0.15) is 0 Å². The fourth-order valence-electron chi connectivity index (χ4n) is 2.68. The van der Waals surface area contributed by atoms with Crippen molar-refractivity contribution in [1.82, 2.24) is 9.88 Å². The lowest BCUT2D eigenvalue weighted by Gasteiger charge is -2.39. The van der Waals surface area contributed by atoms with E-state index in [9.17, 15) is 9.90 Å². The third kappa shape index (κ3) is 4.15. The highest BCUT2D eigenvalue weighted by atomic mass is 35.5. The van der Waals surface area contributed by atoms with Gasteiger partial charge in [0.1, 0.15) is 0 Å². The number of piperidine rings is 1. The van der Waals surface area contributed by atoms with Gasteiger partial charge in [0.25, 0.3) is 0 Å². The van der Waals surface area contributed by atoms with E-state index in [1.807, 2.05) is 0 Å². The molecule has 21 heavy (non-hydrogen) atoms. The van der Waals surface area contributed by atoms with Crippen molar-refractivity contribution < 1.29 is 9.90 Å². The fourth-order valence-corrected chi connectivity index (χ4v) is 2.85. The second kappa shape index (κ2) is 7.20. The Kier molecular flexibility index (Phi) is 5.56. The number of nitrogens with one attached hydrogen (secondary N) is 1. The molecule has 0 saturated carbocycles. The van der Waals surface area contributed by atoms with E-state index in [1.54, 1.807) is 18.3 Å². The number of pyridine rings is 1. The van der Waals surface area contributed by atoms with Crippen molar-refractivity contribution in [2.75, 3.05) is 31.6 Å². The molecule has 5 nitrogen and oxygen atoms in total. The van der Waals surface area contributed by atoms with Gasteiger partial charge in [-0.05, 0) is 49.9 Å². The monoisotopic (exact) mass is 311 g/mol. The Morgan fingerprint density at radius 2 is 2.24 bits per heavy atom. The molecule has 0 unspecified atom stereocenters. The quantitative estimate of drug-likeness (QED) is 0.818. The summed E-state index contributed by atoms with van der Waals surface area (Å²) in [6.07, 6.45) is 4.43. The summed E-state index contributed by atoms with van der Waals surface area (Å²) >= 11 is 5.92. The van der Waals surface area contributed by atoms with Crippen LogP contribution in [0, 0.1) is 5.41 Å². The number of hydrogen-bond acceptors (Lipinski definition) is 4. The second-order valence-electron chi connectivity index (χ2n) is 5.68. The van der Waals surface area contributed by atoms with Crippen LogP contribution in [0.25, 0.3) is 0 Å². The highest BCUT2D eigenvalue weighted by Gasteiger charge is 2.32.